The molecule has 0 saturated carbocycles. The molecule has 8 aromatic rings. The number of nitrogens with zero attached hydrogens (tertiary/aromatic N) is 3. The van der Waals surface area contributed by atoms with Crippen LogP contribution in [0.2, 0.25) is 0 Å². The zero-order valence-corrected chi connectivity index (χ0v) is 27.5. The predicted molar refractivity (Wildman–Crippen MR) is 210 cm³/mol. The molecule has 0 fully saturated rings. The van der Waals surface area contributed by atoms with Gasteiger partial charge < -0.3 is 9.80 Å². The molecule has 50 heavy (non-hydrogen) atoms. The molecule has 0 bridgehead atoms. The van der Waals surface area contributed by atoms with Crippen LogP contribution < -0.4 is 9.80 Å². The van der Waals surface area contributed by atoms with Gasteiger partial charge in [0.25, 0.3) is 0 Å². The summed E-state index contributed by atoms with van der Waals surface area (Å²) in [7, 11) is 0. The van der Waals surface area contributed by atoms with Gasteiger partial charge in [0.05, 0.1) is 5.69 Å². The maximum atomic E-state index is 4.59. The Balaban J connectivity index is 1.32. The maximum absolute atomic E-state index is 4.59. The van der Waals surface area contributed by atoms with E-state index in [-0.39, 0.29) is 0 Å². The van der Waals surface area contributed by atoms with E-state index >= 15 is 0 Å². The topological polar surface area (TPSA) is 19.4 Å². The highest BCUT2D eigenvalue weighted by Gasteiger charge is 2.19. The summed E-state index contributed by atoms with van der Waals surface area (Å²) in [5.41, 5.74) is 13.1. The van der Waals surface area contributed by atoms with E-state index < -0.39 is 0 Å². The molecular weight excluding hydrogens is 607 g/mol. The third-order valence-electron chi connectivity index (χ3n) is 8.83. The van der Waals surface area contributed by atoms with Crippen molar-refractivity contribution in [3.63, 3.8) is 0 Å². The fraction of sp³-hybridized carbons (Fsp3) is 0. The van der Waals surface area contributed by atoms with Crippen LogP contribution >= 0.6 is 0 Å². The first-order valence-corrected chi connectivity index (χ1v) is 16.9. The SMILES string of the molecule is c1ccc(N(c2ccccc2)c2cc(-c3cccc(-c4cccc(-c5ccccn5)c4)c3)cc(N(c3ccccc3)c3ccccc3)c2)cc1. The smallest absolute Gasteiger partial charge is 0.0702 e. The van der Waals surface area contributed by atoms with Crippen LogP contribution in [0, 0.1) is 0 Å². The highest BCUT2D eigenvalue weighted by atomic mass is 15.2. The van der Waals surface area contributed by atoms with Gasteiger partial charge in [-0.3, -0.25) is 4.98 Å². The van der Waals surface area contributed by atoms with Gasteiger partial charge >= 0.3 is 0 Å². The average Bonchev–Trinajstić information content (AvgIpc) is 3.20. The van der Waals surface area contributed by atoms with Crippen molar-refractivity contribution in [2.24, 2.45) is 0 Å². The molecule has 8 rings (SSSR count). The Morgan fingerprint density at radius 3 is 1.06 bits per heavy atom. The number of benzene rings is 7. The molecule has 0 aliphatic carbocycles. The van der Waals surface area contributed by atoms with Crippen LogP contribution in [0.25, 0.3) is 33.5 Å². The van der Waals surface area contributed by atoms with Gasteiger partial charge in [0.15, 0.2) is 0 Å². The van der Waals surface area contributed by atoms with Gasteiger partial charge in [0.1, 0.15) is 0 Å². The van der Waals surface area contributed by atoms with E-state index in [0.29, 0.717) is 0 Å². The second-order valence-corrected chi connectivity index (χ2v) is 12.1. The van der Waals surface area contributed by atoms with E-state index in [1.165, 1.54) is 0 Å². The van der Waals surface area contributed by atoms with Gasteiger partial charge in [-0.05, 0) is 113 Å². The molecule has 0 N–H and O–H groups in total. The molecule has 3 heteroatoms. The summed E-state index contributed by atoms with van der Waals surface area (Å²) >= 11 is 0. The Bertz CT molecular complexity index is 2130. The third kappa shape index (κ3) is 6.53. The quantitative estimate of drug-likeness (QED) is 0.156. The summed E-state index contributed by atoms with van der Waals surface area (Å²) < 4.78 is 0. The second-order valence-electron chi connectivity index (χ2n) is 12.1. The molecule has 238 valence electrons. The fourth-order valence-electron chi connectivity index (χ4n) is 6.49. The lowest BCUT2D eigenvalue weighted by molar-refractivity contribution is 1.25. The molecule has 1 heterocycles. The van der Waals surface area contributed by atoms with Crippen molar-refractivity contribution in [2.75, 3.05) is 9.80 Å². The van der Waals surface area contributed by atoms with E-state index in [1.807, 2.05) is 18.3 Å². The molecule has 3 nitrogen and oxygen atoms in total. The minimum atomic E-state index is 0.965. The van der Waals surface area contributed by atoms with Crippen LogP contribution in [0.4, 0.5) is 34.1 Å². The molecule has 0 unspecified atom stereocenters. The first-order valence-electron chi connectivity index (χ1n) is 16.9. The molecule has 0 radical (unpaired) electrons. The third-order valence-corrected chi connectivity index (χ3v) is 8.83. The first-order chi connectivity index (χ1) is 24.8. The van der Waals surface area contributed by atoms with Crippen LogP contribution in [0.15, 0.2) is 212 Å². The fourth-order valence-corrected chi connectivity index (χ4v) is 6.49. The van der Waals surface area contributed by atoms with Crippen molar-refractivity contribution in [3.8, 4) is 33.5 Å². The maximum Gasteiger partial charge on any atom is 0.0702 e. The Morgan fingerprint density at radius 2 is 0.640 bits per heavy atom. The van der Waals surface area contributed by atoms with Gasteiger partial charge in [-0.25, -0.2) is 0 Å². The van der Waals surface area contributed by atoms with E-state index in [1.54, 1.807) is 0 Å². The Morgan fingerprint density at radius 1 is 0.260 bits per heavy atom. The van der Waals surface area contributed by atoms with Crippen LogP contribution in [0.1, 0.15) is 0 Å². The predicted octanol–water partition coefficient (Wildman–Crippen LogP) is 13.0. The van der Waals surface area contributed by atoms with Crippen molar-refractivity contribution >= 4 is 34.1 Å². The number of pyridine rings is 1. The molecule has 7 aromatic carbocycles. The zero-order chi connectivity index (χ0) is 33.5. The summed E-state index contributed by atoms with van der Waals surface area (Å²) in [6.45, 7) is 0. The van der Waals surface area contributed by atoms with Gasteiger partial charge in [-0.2, -0.15) is 0 Å². The Hall–Kier alpha value is -6.71. The Kier molecular flexibility index (Phi) is 8.69. The van der Waals surface area contributed by atoms with E-state index in [4.69, 9.17) is 0 Å². The summed E-state index contributed by atoms with van der Waals surface area (Å²) in [5, 5.41) is 0. The van der Waals surface area contributed by atoms with Crippen molar-refractivity contribution in [2.45, 2.75) is 0 Å². The molecule has 0 aliphatic rings. The number of rotatable bonds is 9. The summed E-state index contributed by atoms with van der Waals surface area (Å²) in [5.74, 6) is 0. The molecule has 0 atom stereocenters. The molecule has 0 aliphatic heterocycles. The minimum Gasteiger partial charge on any atom is -0.310 e. The monoisotopic (exact) mass is 641 g/mol. The number of aromatic nitrogens is 1. The van der Waals surface area contributed by atoms with E-state index in [0.717, 1.165) is 67.6 Å². The largest absolute Gasteiger partial charge is 0.310 e. The van der Waals surface area contributed by atoms with Crippen LogP contribution in [0.5, 0.6) is 0 Å². The zero-order valence-electron chi connectivity index (χ0n) is 27.5. The van der Waals surface area contributed by atoms with Crippen molar-refractivity contribution in [3.05, 3.63) is 212 Å². The number of hydrogen-bond donors (Lipinski definition) is 0. The second kappa shape index (κ2) is 14.2. The number of hydrogen-bond acceptors (Lipinski definition) is 3. The molecule has 0 amide bonds. The summed E-state index contributed by atoms with van der Waals surface area (Å²) in [6.07, 6.45) is 1.84. The Labute approximate surface area is 294 Å². The van der Waals surface area contributed by atoms with Crippen LogP contribution in [0.3, 0.4) is 0 Å². The van der Waals surface area contributed by atoms with Gasteiger partial charge in [0, 0.05) is 45.9 Å². The van der Waals surface area contributed by atoms with Gasteiger partial charge in [-0.15, -0.1) is 0 Å². The number of anilines is 6. The van der Waals surface area contributed by atoms with Crippen molar-refractivity contribution in [1.82, 2.24) is 4.98 Å². The number of para-hydroxylation sites is 4. The molecule has 1 aromatic heterocycles. The van der Waals surface area contributed by atoms with E-state index in [9.17, 15) is 0 Å². The van der Waals surface area contributed by atoms with Crippen molar-refractivity contribution < 1.29 is 0 Å². The van der Waals surface area contributed by atoms with Crippen LogP contribution in [-0.4, -0.2) is 4.98 Å². The van der Waals surface area contributed by atoms with Gasteiger partial charge in [-0.1, -0.05) is 115 Å². The van der Waals surface area contributed by atoms with Crippen molar-refractivity contribution in [1.29, 1.82) is 0 Å². The average molecular weight is 642 g/mol. The van der Waals surface area contributed by atoms with E-state index in [2.05, 4.69) is 209 Å². The lowest BCUT2D eigenvalue weighted by Gasteiger charge is -2.30. The minimum absolute atomic E-state index is 0.965. The molecule has 0 spiro atoms. The lowest BCUT2D eigenvalue weighted by atomic mass is 9.96. The highest BCUT2D eigenvalue weighted by Crippen LogP contribution is 2.43. The van der Waals surface area contributed by atoms with Crippen LogP contribution in [-0.2, 0) is 0 Å². The lowest BCUT2D eigenvalue weighted by Crippen LogP contribution is -2.13. The van der Waals surface area contributed by atoms with Gasteiger partial charge in [0.2, 0.25) is 0 Å². The normalized spacial score (nSPS) is 10.8. The summed E-state index contributed by atoms with van der Waals surface area (Å²) in [6, 6.07) is 72.8. The summed E-state index contributed by atoms with van der Waals surface area (Å²) in [4.78, 5) is 9.26. The molecule has 0 saturated heterocycles. The highest BCUT2D eigenvalue weighted by molar-refractivity contribution is 5.88. The standard InChI is InChI=1S/C47H35N3/c1-5-21-41(22-6-1)49(42-23-7-2-8-24-42)45-33-40(34-46(35-45)50(43-25-9-3-10-26-43)44-27-11-4-12-28-44)38-19-15-17-36(31-38)37-18-16-20-39(32-37)47-29-13-14-30-48-47/h1-35H. The first kappa shape index (κ1) is 30.6. The molecular formula is C47H35N3.